The molecule has 1 aliphatic rings. The van der Waals surface area contributed by atoms with Crippen LogP contribution in [0.3, 0.4) is 0 Å². The molecular formula is C14H15Cl2N3O. The van der Waals surface area contributed by atoms with Gasteiger partial charge in [0.05, 0.1) is 15.6 Å². The van der Waals surface area contributed by atoms with Gasteiger partial charge in [0.25, 0.3) is 0 Å². The molecule has 1 fully saturated rings. The van der Waals surface area contributed by atoms with E-state index in [1.165, 1.54) is 0 Å². The second-order valence-corrected chi connectivity index (χ2v) is 6.12. The monoisotopic (exact) mass is 311 g/mol. The Morgan fingerprint density at radius 2 is 1.95 bits per heavy atom. The minimum atomic E-state index is -0.442. The van der Waals surface area contributed by atoms with Gasteiger partial charge in [-0.05, 0) is 30.5 Å². The second kappa shape index (κ2) is 5.35. The Hall–Kier alpha value is -1.10. The highest BCUT2D eigenvalue weighted by atomic mass is 35.5. The smallest absolute Gasteiger partial charge is 0.246 e. The molecule has 6 heteroatoms. The van der Waals surface area contributed by atoms with Crippen LogP contribution in [-0.2, 0) is 12.0 Å². The van der Waals surface area contributed by atoms with Gasteiger partial charge in [0.1, 0.15) is 0 Å². The summed E-state index contributed by atoms with van der Waals surface area (Å²) in [6.45, 7) is 0. The Kier molecular flexibility index (Phi) is 3.71. The molecule has 0 aliphatic heterocycles. The summed E-state index contributed by atoms with van der Waals surface area (Å²) in [4.78, 5) is 4.43. The molecule has 20 heavy (non-hydrogen) atoms. The third-order valence-corrected chi connectivity index (χ3v) is 4.48. The Morgan fingerprint density at radius 3 is 2.65 bits per heavy atom. The van der Waals surface area contributed by atoms with Crippen LogP contribution in [0.1, 0.15) is 43.0 Å². The first-order valence-corrected chi connectivity index (χ1v) is 7.38. The first-order valence-electron chi connectivity index (χ1n) is 6.63. The molecule has 1 aromatic heterocycles. The van der Waals surface area contributed by atoms with Crippen LogP contribution < -0.4 is 5.73 Å². The Morgan fingerprint density at radius 1 is 1.20 bits per heavy atom. The number of hydrogen-bond acceptors (Lipinski definition) is 4. The molecule has 2 aromatic rings. The van der Waals surface area contributed by atoms with Crippen molar-refractivity contribution in [2.24, 2.45) is 5.73 Å². The van der Waals surface area contributed by atoms with E-state index in [1.54, 1.807) is 6.07 Å². The highest BCUT2D eigenvalue weighted by Crippen LogP contribution is 2.35. The van der Waals surface area contributed by atoms with Crippen LogP contribution in [-0.4, -0.2) is 10.1 Å². The van der Waals surface area contributed by atoms with Crippen molar-refractivity contribution in [2.75, 3.05) is 0 Å². The predicted molar refractivity (Wildman–Crippen MR) is 77.9 cm³/mol. The average molecular weight is 312 g/mol. The molecule has 3 rings (SSSR count). The quantitative estimate of drug-likeness (QED) is 0.938. The van der Waals surface area contributed by atoms with Gasteiger partial charge >= 0.3 is 0 Å². The lowest BCUT2D eigenvalue weighted by Gasteiger charge is -2.17. The van der Waals surface area contributed by atoms with Gasteiger partial charge in [0.15, 0.2) is 5.82 Å². The maximum atomic E-state index is 6.30. The van der Waals surface area contributed by atoms with E-state index in [4.69, 9.17) is 33.5 Å². The molecule has 106 valence electrons. The van der Waals surface area contributed by atoms with Crippen LogP contribution in [0.25, 0.3) is 0 Å². The lowest BCUT2D eigenvalue weighted by molar-refractivity contribution is 0.284. The van der Waals surface area contributed by atoms with E-state index >= 15 is 0 Å². The SMILES string of the molecule is NC1(c2nc(Cc3ccc(Cl)c(Cl)c3)no2)CCCC1. The fourth-order valence-electron chi connectivity index (χ4n) is 2.58. The van der Waals surface area contributed by atoms with Crippen LogP contribution in [0.2, 0.25) is 10.0 Å². The molecule has 1 saturated carbocycles. The van der Waals surface area contributed by atoms with Crippen molar-refractivity contribution in [1.29, 1.82) is 0 Å². The van der Waals surface area contributed by atoms with Crippen molar-refractivity contribution in [3.8, 4) is 0 Å². The summed E-state index contributed by atoms with van der Waals surface area (Å²) in [5.74, 6) is 1.17. The number of nitrogens with zero attached hydrogens (tertiary/aromatic N) is 2. The largest absolute Gasteiger partial charge is 0.337 e. The summed E-state index contributed by atoms with van der Waals surface area (Å²) >= 11 is 11.9. The molecule has 1 heterocycles. The number of benzene rings is 1. The third-order valence-electron chi connectivity index (χ3n) is 3.74. The summed E-state index contributed by atoms with van der Waals surface area (Å²) in [6, 6.07) is 5.48. The number of halogens is 2. The van der Waals surface area contributed by atoms with Crippen molar-refractivity contribution < 1.29 is 4.52 Å². The molecule has 2 N–H and O–H groups in total. The molecule has 0 bridgehead atoms. The molecule has 4 nitrogen and oxygen atoms in total. The summed E-state index contributed by atoms with van der Waals surface area (Å²) in [6.07, 6.45) is 4.58. The molecule has 0 atom stereocenters. The standard InChI is InChI=1S/C14H15Cl2N3O/c15-10-4-3-9(7-11(10)16)8-12-18-13(20-19-12)14(17)5-1-2-6-14/h3-4,7H,1-2,5-6,8,17H2. The second-order valence-electron chi connectivity index (χ2n) is 5.30. The number of rotatable bonds is 3. The number of nitrogens with two attached hydrogens (primary N) is 1. The van der Waals surface area contributed by atoms with Gasteiger partial charge in [-0.25, -0.2) is 0 Å². The minimum absolute atomic E-state index is 0.442. The Labute approximate surface area is 127 Å². The highest BCUT2D eigenvalue weighted by molar-refractivity contribution is 6.42. The normalized spacial score (nSPS) is 17.6. The van der Waals surface area contributed by atoms with Crippen molar-refractivity contribution >= 4 is 23.2 Å². The highest BCUT2D eigenvalue weighted by Gasteiger charge is 2.36. The fourth-order valence-corrected chi connectivity index (χ4v) is 2.90. The van der Waals surface area contributed by atoms with E-state index < -0.39 is 5.54 Å². The van der Waals surface area contributed by atoms with Gasteiger partial charge < -0.3 is 10.3 Å². The molecule has 0 unspecified atom stereocenters. The topological polar surface area (TPSA) is 64.9 Å². The van der Waals surface area contributed by atoms with Crippen LogP contribution in [0, 0.1) is 0 Å². The van der Waals surface area contributed by atoms with Crippen LogP contribution in [0.5, 0.6) is 0 Å². The summed E-state index contributed by atoms with van der Waals surface area (Å²) in [5, 5.41) is 5.08. The van der Waals surface area contributed by atoms with E-state index in [-0.39, 0.29) is 0 Å². The van der Waals surface area contributed by atoms with Crippen LogP contribution >= 0.6 is 23.2 Å². The van der Waals surface area contributed by atoms with Crippen LogP contribution in [0.4, 0.5) is 0 Å². The zero-order valence-corrected chi connectivity index (χ0v) is 12.4. The van der Waals surface area contributed by atoms with E-state index in [0.717, 1.165) is 31.2 Å². The Balaban J connectivity index is 1.78. The van der Waals surface area contributed by atoms with Gasteiger partial charge in [-0.3, -0.25) is 0 Å². The van der Waals surface area contributed by atoms with Gasteiger partial charge in [-0.15, -0.1) is 0 Å². The minimum Gasteiger partial charge on any atom is -0.337 e. The molecule has 1 aliphatic carbocycles. The number of hydrogen-bond donors (Lipinski definition) is 1. The van der Waals surface area contributed by atoms with Crippen molar-refractivity contribution in [3.63, 3.8) is 0 Å². The van der Waals surface area contributed by atoms with Crippen molar-refractivity contribution in [2.45, 2.75) is 37.6 Å². The van der Waals surface area contributed by atoms with Crippen LogP contribution in [0.15, 0.2) is 22.7 Å². The van der Waals surface area contributed by atoms with Gasteiger partial charge in [-0.1, -0.05) is 47.3 Å². The predicted octanol–water partition coefficient (Wildman–Crippen LogP) is 3.70. The number of aromatic nitrogens is 2. The van der Waals surface area contributed by atoms with E-state index in [1.807, 2.05) is 12.1 Å². The summed E-state index contributed by atoms with van der Waals surface area (Å²) in [5.41, 5.74) is 6.84. The molecule has 0 saturated heterocycles. The third kappa shape index (κ3) is 2.68. The molecule has 0 amide bonds. The molecular weight excluding hydrogens is 297 g/mol. The Bertz CT molecular complexity index is 621. The maximum Gasteiger partial charge on any atom is 0.246 e. The lowest BCUT2D eigenvalue weighted by Crippen LogP contribution is -2.33. The molecule has 0 radical (unpaired) electrons. The van der Waals surface area contributed by atoms with E-state index in [0.29, 0.717) is 28.2 Å². The average Bonchev–Trinajstić information content (AvgIpc) is 3.04. The van der Waals surface area contributed by atoms with Gasteiger partial charge in [0.2, 0.25) is 5.89 Å². The maximum absolute atomic E-state index is 6.30. The van der Waals surface area contributed by atoms with Gasteiger partial charge in [-0.2, -0.15) is 4.98 Å². The first kappa shape index (κ1) is 13.9. The van der Waals surface area contributed by atoms with Crippen molar-refractivity contribution in [1.82, 2.24) is 10.1 Å². The molecule has 1 aromatic carbocycles. The van der Waals surface area contributed by atoms with Crippen molar-refractivity contribution in [3.05, 3.63) is 45.5 Å². The zero-order chi connectivity index (χ0) is 14.2. The zero-order valence-electron chi connectivity index (χ0n) is 10.9. The summed E-state index contributed by atoms with van der Waals surface area (Å²) in [7, 11) is 0. The van der Waals surface area contributed by atoms with E-state index in [9.17, 15) is 0 Å². The fraction of sp³-hybridized carbons (Fsp3) is 0.429. The van der Waals surface area contributed by atoms with Gasteiger partial charge in [0, 0.05) is 6.42 Å². The summed E-state index contributed by atoms with van der Waals surface area (Å²) < 4.78 is 5.33. The van der Waals surface area contributed by atoms with E-state index in [2.05, 4.69) is 10.1 Å². The molecule has 0 spiro atoms. The first-order chi connectivity index (χ1) is 9.57. The lowest BCUT2D eigenvalue weighted by atomic mass is 9.99.